The summed E-state index contributed by atoms with van der Waals surface area (Å²) in [4.78, 5) is 14.3. The highest BCUT2D eigenvalue weighted by molar-refractivity contribution is 5.90. The normalized spacial score (nSPS) is 15.4. The van der Waals surface area contributed by atoms with E-state index < -0.39 is 0 Å². The second-order valence-corrected chi connectivity index (χ2v) is 7.34. The number of rotatable bonds is 7. The first-order chi connectivity index (χ1) is 14.2. The molecule has 2 N–H and O–H groups in total. The van der Waals surface area contributed by atoms with Gasteiger partial charge in [-0.15, -0.1) is 0 Å². The fraction of sp³-hybridized carbons (Fsp3) is 0.364. The molecule has 4 rings (SSSR count). The first-order valence-electron chi connectivity index (χ1n) is 10.0. The fourth-order valence-corrected chi connectivity index (χ4v) is 3.50. The fourth-order valence-electron chi connectivity index (χ4n) is 3.50. The van der Waals surface area contributed by atoms with Gasteiger partial charge in [-0.1, -0.05) is 18.2 Å². The van der Waals surface area contributed by atoms with Crippen LogP contribution in [-0.4, -0.2) is 73.2 Å². The molecule has 29 heavy (non-hydrogen) atoms. The van der Waals surface area contributed by atoms with E-state index in [0.29, 0.717) is 5.95 Å². The summed E-state index contributed by atoms with van der Waals surface area (Å²) in [5.41, 5.74) is 1.80. The summed E-state index contributed by atoms with van der Waals surface area (Å²) in [7, 11) is 3.84. The van der Waals surface area contributed by atoms with Crippen molar-refractivity contribution in [2.75, 3.05) is 64.1 Å². The summed E-state index contributed by atoms with van der Waals surface area (Å²) in [5.74, 6) is 2.22. The summed E-state index contributed by atoms with van der Waals surface area (Å²) in [6.45, 7) is 6.35. The van der Waals surface area contributed by atoms with Gasteiger partial charge in [-0.3, -0.25) is 4.90 Å². The SMILES string of the molecule is COc1cccc(Nc2nc(NCCN3CCN(C)CC3)c3ccccc3n2)c1. The molecule has 0 radical (unpaired) electrons. The van der Waals surface area contributed by atoms with Crippen LogP contribution in [0.5, 0.6) is 5.75 Å². The van der Waals surface area contributed by atoms with Gasteiger partial charge in [0.1, 0.15) is 11.6 Å². The second kappa shape index (κ2) is 9.07. The van der Waals surface area contributed by atoms with Crippen molar-refractivity contribution in [3.05, 3.63) is 48.5 Å². The van der Waals surface area contributed by atoms with Crippen molar-refractivity contribution >= 4 is 28.4 Å². The number of anilines is 3. The van der Waals surface area contributed by atoms with E-state index in [2.05, 4.69) is 38.5 Å². The van der Waals surface area contributed by atoms with E-state index in [9.17, 15) is 0 Å². The van der Waals surface area contributed by atoms with Crippen LogP contribution in [-0.2, 0) is 0 Å². The number of ether oxygens (including phenoxy) is 1. The van der Waals surface area contributed by atoms with Crippen molar-refractivity contribution in [3.8, 4) is 5.75 Å². The van der Waals surface area contributed by atoms with Crippen molar-refractivity contribution in [2.24, 2.45) is 0 Å². The lowest BCUT2D eigenvalue weighted by atomic mass is 10.2. The number of nitrogens with zero attached hydrogens (tertiary/aromatic N) is 4. The molecule has 2 aromatic carbocycles. The standard InChI is InChI=1S/C22H28N6O/c1-27-12-14-28(15-13-27)11-10-23-21-19-8-3-4-9-20(19)25-22(26-21)24-17-6-5-7-18(16-17)29-2/h3-9,16H,10-15H2,1-2H3,(H2,23,24,25,26). The lowest BCUT2D eigenvalue weighted by Crippen LogP contribution is -2.45. The molecule has 152 valence electrons. The smallest absolute Gasteiger partial charge is 0.229 e. The maximum Gasteiger partial charge on any atom is 0.229 e. The molecule has 1 fully saturated rings. The Hall–Kier alpha value is -2.90. The summed E-state index contributed by atoms with van der Waals surface area (Å²) in [6.07, 6.45) is 0. The molecule has 0 aliphatic carbocycles. The highest BCUT2D eigenvalue weighted by atomic mass is 16.5. The number of methoxy groups -OCH3 is 1. The molecule has 7 nitrogen and oxygen atoms in total. The molecule has 0 saturated carbocycles. The molecule has 7 heteroatoms. The topological polar surface area (TPSA) is 65.6 Å². The molecule has 1 saturated heterocycles. The monoisotopic (exact) mass is 392 g/mol. The largest absolute Gasteiger partial charge is 0.497 e. The number of piperazine rings is 1. The minimum absolute atomic E-state index is 0.569. The van der Waals surface area contributed by atoms with Crippen LogP contribution in [0.4, 0.5) is 17.5 Å². The predicted molar refractivity (Wildman–Crippen MR) is 118 cm³/mol. The molecule has 0 unspecified atom stereocenters. The summed E-state index contributed by atoms with van der Waals surface area (Å²) >= 11 is 0. The lowest BCUT2D eigenvalue weighted by Gasteiger charge is -2.32. The van der Waals surface area contributed by atoms with E-state index in [1.165, 1.54) is 0 Å². The van der Waals surface area contributed by atoms with Gasteiger partial charge in [0.2, 0.25) is 5.95 Å². The number of hydrogen-bond donors (Lipinski definition) is 2. The van der Waals surface area contributed by atoms with Crippen LogP contribution in [0.25, 0.3) is 10.9 Å². The number of aromatic nitrogens is 2. The van der Waals surface area contributed by atoms with Crippen LogP contribution in [0.15, 0.2) is 48.5 Å². The van der Waals surface area contributed by atoms with Crippen LogP contribution < -0.4 is 15.4 Å². The summed E-state index contributed by atoms with van der Waals surface area (Å²) < 4.78 is 5.30. The Morgan fingerprint density at radius 2 is 1.83 bits per heavy atom. The van der Waals surface area contributed by atoms with E-state index >= 15 is 0 Å². The average Bonchev–Trinajstić information content (AvgIpc) is 2.75. The zero-order valence-electron chi connectivity index (χ0n) is 17.1. The number of nitrogens with one attached hydrogen (secondary N) is 2. The van der Waals surface area contributed by atoms with Crippen molar-refractivity contribution in [2.45, 2.75) is 0 Å². The van der Waals surface area contributed by atoms with Gasteiger partial charge in [0.25, 0.3) is 0 Å². The molecule has 1 aliphatic heterocycles. The molecule has 2 heterocycles. The zero-order chi connectivity index (χ0) is 20.1. The van der Waals surface area contributed by atoms with E-state index in [-0.39, 0.29) is 0 Å². The van der Waals surface area contributed by atoms with Crippen LogP contribution in [0.1, 0.15) is 0 Å². The Bertz CT molecular complexity index is 955. The van der Waals surface area contributed by atoms with E-state index in [4.69, 9.17) is 9.72 Å². The number of likely N-dealkylation sites (N-methyl/N-ethyl adjacent to an activating group) is 1. The molecular formula is C22H28N6O. The third-order valence-electron chi connectivity index (χ3n) is 5.25. The van der Waals surface area contributed by atoms with Gasteiger partial charge in [0.15, 0.2) is 0 Å². The van der Waals surface area contributed by atoms with Gasteiger partial charge < -0.3 is 20.3 Å². The van der Waals surface area contributed by atoms with Crippen molar-refractivity contribution in [1.82, 2.24) is 19.8 Å². The molecule has 1 aromatic heterocycles. The number of benzene rings is 2. The van der Waals surface area contributed by atoms with E-state index in [0.717, 1.165) is 67.4 Å². The Morgan fingerprint density at radius 3 is 2.66 bits per heavy atom. The van der Waals surface area contributed by atoms with Gasteiger partial charge >= 0.3 is 0 Å². The van der Waals surface area contributed by atoms with Gasteiger partial charge in [-0.25, -0.2) is 4.98 Å². The Morgan fingerprint density at radius 1 is 1.00 bits per heavy atom. The highest BCUT2D eigenvalue weighted by Crippen LogP contribution is 2.25. The number of para-hydroxylation sites is 1. The molecular weight excluding hydrogens is 364 g/mol. The van der Waals surface area contributed by atoms with E-state index in [1.807, 2.05) is 42.5 Å². The van der Waals surface area contributed by atoms with Gasteiger partial charge in [0, 0.05) is 56.4 Å². The minimum Gasteiger partial charge on any atom is -0.497 e. The first-order valence-corrected chi connectivity index (χ1v) is 10.0. The second-order valence-electron chi connectivity index (χ2n) is 7.34. The number of hydrogen-bond acceptors (Lipinski definition) is 7. The molecule has 1 aliphatic rings. The van der Waals surface area contributed by atoms with Crippen molar-refractivity contribution < 1.29 is 4.74 Å². The quantitative estimate of drug-likeness (QED) is 0.641. The third-order valence-corrected chi connectivity index (χ3v) is 5.25. The Kier molecular flexibility index (Phi) is 6.07. The number of fused-ring (bicyclic) bond motifs is 1. The zero-order valence-corrected chi connectivity index (χ0v) is 17.1. The first kappa shape index (κ1) is 19.4. The van der Waals surface area contributed by atoms with E-state index in [1.54, 1.807) is 7.11 Å². The van der Waals surface area contributed by atoms with Crippen LogP contribution in [0.2, 0.25) is 0 Å². The molecule has 0 bridgehead atoms. The maximum atomic E-state index is 5.30. The molecule has 0 amide bonds. The Labute approximate surface area is 171 Å². The summed E-state index contributed by atoms with van der Waals surface area (Å²) in [5, 5.41) is 7.85. The van der Waals surface area contributed by atoms with Crippen molar-refractivity contribution in [3.63, 3.8) is 0 Å². The van der Waals surface area contributed by atoms with Crippen LogP contribution >= 0.6 is 0 Å². The molecule has 0 atom stereocenters. The Balaban J connectivity index is 1.49. The maximum absolute atomic E-state index is 5.30. The van der Waals surface area contributed by atoms with Gasteiger partial charge in [-0.2, -0.15) is 4.98 Å². The minimum atomic E-state index is 0.569. The van der Waals surface area contributed by atoms with Gasteiger partial charge in [-0.05, 0) is 31.3 Å². The lowest BCUT2D eigenvalue weighted by molar-refractivity contribution is 0.158. The third kappa shape index (κ3) is 4.93. The predicted octanol–water partition coefficient (Wildman–Crippen LogP) is 3.04. The van der Waals surface area contributed by atoms with Crippen LogP contribution in [0.3, 0.4) is 0 Å². The molecule has 0 spiro atoms. The molecule has 3 aromatic rings. The highest BCUT2D eigenvalue weighted by Gasteiger charge is 2.14. The summed E-state index contributed by atoms with van der Waals surface area (Å²) in [6, 6.07) is 15.9. The van der Waals surface area contributed by atoms with Crippen LogP contribution in [0, 0.1) is 0 Å². The average molecular weight is 393 g/mol. The van der Waals surface area contributed by atoms with Crippen molar-refractivity contribution in [1.29, 1.82) is 0 Å². The van der Waals surface area contributed by atoms with Gasteiger partial charge in [0.05, 0.1) is 12.6 Å².